The standard InChI is InChI=1S/C28H22N2O4/c1-3-33-21-10-12-22-26(17-21)34-25(27(28(22)31)24-6-4-5-15-29-24)14-9-19-8-7-18-16-20(32-2)11-13-23(18)30-19/h4-17H,3H2,1-2H3/b14-9+. The smallest absolute Gasteiger partial charge is 0.202 e. The lowest BCUT2D eigenvalue weighted by atomic mass is 10.1. The maximum absolute atomic E-state index is 13.5. The number of benzene rings is 2. The van der Waals surface area contributed by atoms with Gasteiger partial charge in [0, 0.05) is 17.6 Å². The van der Waals surface area contributed by atoms with Crippen LogP contribution in [0.3, 0.4) is 0 Å². The molecule has 0 atom stereocenters. The Kier molecular flexibility index (Phi) is 5.79. The maximum Gasteiger partial charge on any atom is 0.202 e. The van der Waals surface area contributed by atoms with E-state index in [0.717, 1.165) is 22.3 Å². The number of ether oxygens (including phenoxy) is 2. The van der Waals surface area contributed by atoms with Crippen LogP contribution >= 0.6 is 0 Å². The van der Waals surface area contributed by atoms with E-state index in [2.05, 4.69) is 4.98 Å². The van der Waals surface area contributed by atoms with Crippen LogP contribution in [0.15, 0.2) is 82.1 Å². The summed E-state index contributed by atoms with van der Waals surface area (Å²) in [5, 5.41) is 1.45. The summed E-state index contributed by atoms with van der Waals surface area (Å²) >= 11 is 0. The van der Waals surface area contributed by atoms with E-state index in [1.165, 1.54) is 0 Å². The average molecular weight is 450 g/mol. The van der Waals surface area contributed by atoms with Crippen molar-refractivity contribution < 1.29 is 13.9 Å². The molecule has 0 aliphatic rings. The van der Waals surface area contributed by atoms with Crippen molar-refractivity contribution in [1.82, 2.24) is 9.97 Å². The lowest BCUT2D eigenvalue weighted by Crippen LogP contribution is -2.08. The van der Waals surface area contributed by atoms with Crippen molar-refractivity contribution in [1.29, 1.82) is 0 Å². The summed E-state index contributed by atoms with van der Waals surface area (Å²) in [6.45, 7) is 2.43. The molecule has 0 amide bonds. The molecule has 0 aliphatic carbocycles. The van der Waals surface area contributed by atoms with E-state index in [9.17, 15) is 4.79 Å². The zero-order chi connectivity index (χ0) is 23.5. The maximum atomic E-state index is 13.5. The fraction of sp³-hybridized carbons (Fsp3) is 0.107. The molecule has 6 nitrogen and oxygen atoms in total. The number of hydrogen-bond acceptors (Lipinski definition) is 6. The number of nitrogens with zero attached hydrogens (tertiary/aromatic N) is 2. The van der Waals surface area contributed by atoms with Crippen LogP contribution < -0.4 is 14.9 Å². The van der Waals surface area contributed by atoms with Crippen molar-refractivity contribution in [2.24, 2.45) is 0 Å². The fourth-order valence-corrected chi connectivity index (χ4v) is 3.82. The normalized spacial score (nSPS) is 11.4. The fourth-order valence-electron chi connectivity index (χ4n) is 3.82. The molecule has 0 saturated heterocycles. The van der Waals surface area contributed by atoms with E-state index in [4.69, 9.17) is 18.9 Å². The molecule has 0 saturated carbocycles. The van der Waals surface area contributed by atoms with E-state index in [-0.39, 0.29) is 5.43 Å². The second kappa shape index (κ2) is 9.19. The molecule has 168 valence electrons. The van der Waals surface area contributed by atoms with Crippen LogP contribution in [0.25, 0.3) is 45.3 Å². The summed E-state index contributed by atoms with van der Waals surface area (Å²) in [6.07, 6.45) is 5.24. The summed E-state index contributed by atoms with van der Waals surface area (Å²) in [4.78, 5) is 22.5. The molecule has 6 heteroatoms. The molecule has 0 N–H and O–H groups in total. The van der Waals surface area contributed by atoms with E-state index in [1.807, 2.05) is 55.5 Å². The van der Waals surface area contributed by atoms with Crippen molar-refractivity contribution in [3.63, 3.8) is 0 Å². The topological polar surface area (TPSA) is 74.5 Å². The summed E-state index contributed by atoms with van der Waals surface area (Å²) in [5.41, 5.74) is 2.82. The highest BCUT2D eigenvalue weighted by molar-refractivity contribution is 5.87. The van der Waals surface area contributed by atoms with Gasteiger partial charge in [0.15, 0.2) is 0 Å². The minimum absolute atomic E-state index is 0.152. The van der Waals surface area contributed by atoms with Crippen LogP contribution in [0.5, 0.6) is 11.5 Å². The summed E-state index contributed by atoms with van der Waals surface area (Å²) in [6, 6.07) is 20.3. The predicted molar refractivity (Wildman–Crippen MR) is 134 cm³/mol. The van der Waals surface area contributed by atoms with Gasteiger partial charge in [-0.2, -0.15) is 0 Å². The van der Waals surface area contributed by atoms with Crippen LogP contribution in [0.1, 0.15) is 18.4 Å². The molecule has 0 unspecified atom stereocenters. The second-order valence-electron chi connectivity index (χ2n) is 7.60. The van der Waals surface area contributed by atoms with Gasteiger partial charge in [0.1, 0.15) is 22.8 Å². The Balaban J connectivity index is 1.64. The molecule has 0 radical (unpaired) electrons. The lowest BCUT2D eigenvalue weighted by Gasteiger charge is -2.09. The highest BCUT2D eigenvalue weighted by Crippen LogP contribution is 2.27. The van der Waals surface area contributed by atoms with Crippen LogP contribution in [0, 0.1) is 0 Å². The van der Waals surface area contributed by atoms with Crippen molar-refractivity contribution in [3.8, 4) is 22.8 Å². The molecular formula is C28H22N2O4. The van der Waals surface area contributed by atoms with Crippen molar-refractivity contribution in [2.45, 2.75) is 6.92 Å². The summed E-state index contributed by atoms with van der Waals surface area (Å²) in [7, 11) is 1.64. The minimum Gasteiger partial charge on any atom is -0.497 e. The molecule has 0 bridgehead atoms. The molecule has 5 rings (SSSR count). The van der Waals surface area contributed by atoms with Gasteiger partial charge in [0.25, 0.3) is 0 Å². The van der Waals surface area contributed by atoms with Gasteiger partial charge in [0.2, 0.25) is 5.43 Å². The first kappa shape index (κ1) is 21.4. The van der Waals surface area contributed by atoms with Gasteiger partial charge in [-0.3, -0.25) is 9.78 Å². The largest absolute Gasteiger partial charge is 0.497 e. The van der Waals surface area contributed by atoms with Crippen molar-refractivity contribution >= 4 is 34.0 Å². The van der Waals surface area contributed by atoms with Gasteiger partial charge >= 0.3 is 0 Å². The highest BCUT2D eigenvalue weighted by atomic mass is 16.5. The Hall–Kier alpha value is -4.45. The van der Waals surface area contributed by atoms with Gasteiger partial charge in [-0.25, -0.2) is 4.98 Å². The lowest BCUT2D eigenvalue weighted by molar-refractivity contribution is 0.340. The number of aromatic nitrogens is 2. The molecule has 0 spiro atoms. The quantitative estimate of drug-likeness (QED) is 0.317. The highest BCUT2D eigenvalue weighted by Gasteiger charge is 2.16. The number of fused-ring (bicyclic) bond motifs is 2. The molecule has 0 fully saturated rings. The second-order valence-corrected chi connectivity index (χ2v) is 7.60. The molecule has 5 aromatic rings. The minimum atomic E-state index is -0.152. The Morgan fingerprint density at radius 2 is 1.85 bits per heavy atom. The van der Waals surface area contributed by atoms with E-state index in [1.54, 1.807) is 43.6 Å². The van der Waals surface area contributed by atoms with E-state index >= 15 is 0 Å². The van der Waals surface area contributed by atoms with Crippen molar-refractivity contribution in [2.75, 3.05) is 13.7 Å². The monoisotopic (exact) mass is 450 g/mol. The molecule has 3 aromatic heterocycles. The molecule has 2 aromatic carbocycles. The van der Waals surface area contributed by atoms with Gasteiger partial charge in [-0.15, -0.1) is 0 Å². The third-order valence-corrected chi connectivity index (χ3v) is 5.45. The number of rotatable bonds is 6. The van der Waals surface area contributed by atoms with Crippen LogP contribution in [-0.2, 0) is 0 Å². The molecular weight excluding hydrogens is 428 g/mol. The van der Waals surface area contributed by atoms with E-state index < -0.39 is 0 Å². The summed E-state index contributed by atoms with van der Waals surface area (Å²) in [5.74, 6) is 1.83. The SMILES string of the molecule is CCOc1ccc2c(=O)c(-c3ccccn3)c(/C=C/c3ccc4cc(OC)ccc4n3)oc2c1. The van der Waals surface area contributed by atoms with Gasteiger partial charge in [-0.05, 0) is 67.6 Å². The zero-order valence-corrected chi connectivity index (χ0v) is 18.8. The summed E-state index contributed by atoms with van der Waals surface area (Å²) < 4.78 is 17.1. The molecule has 0 aliphatic heterocycles. The number of pyridine rings is 2. The third kappa shape index (κ3) is 4.13. The molecule has 3 heterocycles. The van der Waals surface area contributed by atoms with Gasteiger partial charge < -0.3 is 13.9 Å². The Morgan fingerprint density at radius 3 is 2.65 bits per heavy atom. The third-order valence-electron chi connectivity index (χ3n) is 5.45. The number of methoxy groups -OCH3 is 1. The van der Waals surface area contributed by atoms with Gasteiger partial charge in [0.05, 0.1) is 41.6 Å². The first-order valence-electron chi connectivity index (χ1n) is 10.9. The first-order valence-corrected chi connectivity index (χ1v) is 10.9. The number of hydrogen-bond donors (Lipinski definition) is 0. The average Bonchev–Trinajstić information content (AvgIpc) is 2.87. The van der Waals surface area contributed by atoms with Crippen molar-refractivity contribution in [3.05, 3.63) is 94.6 Å². The van der Waals surface area contributed by atoms with Crippen LogP contribution in [0.4, 0.5) is 0 Å². The first-order chi connectivity index (χ1) is 16.7. The Bertz CT molecular complexity index is 1570. The Labute approximate surface area is 196 Å². The Morgan fingerprint density at radius 1 is 0.971 bits per heavy atom. The molecule has 34 heavy (non-hydrogen) atoms. The van der Waals surface area contributed by atoms with Gasteiger partial charge in [-0.1, -0.05) is 12.1 Å². The van der Waals surface area contributed by atoms with Crippen LogP contribution in [-0.4, -0.2) is 23.7 Å². The van der Waals surface area contributed by atoms with E-state index in [0.29, 0.717) is 40.3 Å². The predicted octanol–water partition coefficient (Wildman–Crippen LogP) is 5.98. The zero-order valence-electron chi connectivity index (χ0n) is 18.8. The van der Waals surface area contributed by atoms with Crippen LogP contribution in [0.2, 0.25) is 0 Å².